The Hall–Kier alpha value is -4.09. The number of thiazole rings is 1. The molecule has 0 spiro atoms. The third kappa shape index (κ3) is 5.73. The third-order valence-electron chi connectivity index (χ3n) is 7.33. The van der Waals surface area contributed by atoms with Crippen LogP contribution in [0.3, 0.4) is 0 Å². The Labute approximate surface area is 242 Å². The van der Waals surface area contributed by atoms with E-state index in [2.05, 4.69) is 10.3 Å². The van der Waals surface area contributed by atoms with Crippen molar-refractivity contribution >= 4 is 44.6 Å². The van der Waals surface area contributed by atoms with Crippen LogP contribution in [0, 0.1) is 20.8 Å². The predicted molar refractivity (Wildman–Crippen MR) is 160 cm³/mol. The van der Waals surface area contributed by atoms with Gasteiger partial charge in [-0.3, -0.25) is 14.4 Å². The standard InChI is InChI=1S/C30H30N4O5S2/c1-18-11-23(12-19(2)25(18)16-35)21-7-5-8-22(14-21)26-17-40-30(31-26)32-28(36)27-9-6-10-33(27)29(37)24-13-20(3)34(15-24)41(4,38)39/h5,7-8,11-17,27H,6,9-10H2,1-4H3,(H,31,32,36)/t27-/m0/s1. The van der Waals surface area contributed by atoms with Crippen LogP contribution in [0.2, 0.25) is 0 Å². The normalized spacial score (nSPS) is 15.2. The maximum atomic E-state index is 13.2. The Morgan fingerprint density at radius 2 is 1.76 bits per heavy atom. The van der Waals surface area contributed by atoms with Gasteiger partial charge in [0.25, 0.3) is 5.91 Å². The first-order chi connectivity index (χ1) is 19.5. The second-order valence-corrected chi connectivity index (χ2v) is 13.1. The van der Waals surface area contributed by atoms with Crippen LogP contribution in [-0.2, 0) is 14.8 Å². The highest BCUT2D eigenvalue weighted by molar-refractivity contribution is 7.89. The van der Waals surface area contributed by atoms with E-state index in [-0.39, 0.29) is 17.4 Å². The van der Waals surface area contributed by atoms with Crippen LogP contribution in [0.4, 0.5) is 5.13 Å². The van der Waals surface area contributed by atoms with Crippen LogP contribution in [0.15, 0.2) is 54.0 Å². The highest BCUT2D eigenvalue weighted by atomic mass is 32.2. The van der Waals surface area contributed by atoms with Crippen molar-refractivity contribution in [2.75, 3.05) is 18.1 Å². The Morgan fingerprint density at radius 1 is 1.05 bits per heavy atom. The van der Waals surface area contributed by atoms with E-state index in [4.69, 9.17) is 0 Å². The average molecular weight is 591 g/mol. The molecule has 9 nitrogen and oxygen atoms in total. The van der Waals surface area contributed by atoms with Crippen molar-refractivity contribution in [2.24, 2.45) is 0 Å². The minimum Gasteiger partial charge on any atom is -0.327 e. The van der Waals surface area contributed by atoms with E-state index >= 15 is 0 Å². The molecule has 11 heteroatoms. The number of aromatic nitrogens is 2. The first-order valence-corrected chi connectivity index (χ1v) is 15.8. The molecule has 1 atom stereocenters. The Kier molecular flexibility index (Phi) is 7.67. The number of amides is 2. The van der Waals surface area contributed by atoms with E-state index in [1.807, 2.05) is 55.6 Å². The van der Waals surface area contributed by atoms with Gasteiger partial charge in [0.15, 0.2) is 11.4 Å². The number of likely N-dealkylation sites (tertiary alicyclic amines) is 1. The lowest BCUT2D eigenvalue weighted by Crippen LogP contribution is -2.43. The van der Waals surface area contributed by atoms with Crippen LogP contribution in [0.5, 0.6) is 0 Å². The summed E-state index contributed by atoms with van der Waals surface area (Å²) in [6.45, 7) is 5.87. The number of carbonyl (C=O) groups is 3. The number of aldehydes is 1. The van der Waals surface area contributed by atoms with Crippen LogP contribution < -0.4 is 5.32 Å². The molecule has 2 aromatic carbocycles. The summed E-state index contributed by atoms with van der Waals surface area (Å²) < 4.78 is 25.0. The fraction of sp³-hybridized carbons (Fsp3) is 0.267. The molecule has 2 amide bonds. The van der Waals surface area contributed by atoms with Gasteiger partial charge in [-0.25, -0.2) is 17.4 Å². The number of benzene rings is 2. The third-order valence-corrected chi connectivity index (χ3v) is 9.19. The van der Waals surface area contributed by atoms with Gasteiger partial charge in [-0.15, -0.1) is 11.3 Å². The SMILES string of the molecule is Cc1cc(-c2cccc(-c3csc(NC(=O)[C@@H]4CCCN4C(=O)c4cc(C)n(S(C)(=O)=O)c4)n3)c2)cc(C)c1C=O. The number of carbonyl (C=O) groups excluding carboxylic acids is 3. The Bertz CT molecular complexity index is 1760. The smallest absolute Gasteiger partial charge is 0.256 e. The van der Waals surface area contributed by atoms with E-state index in [1.165, 1.54) is 28.5 Å². The zero-order valence-corrected chi connectivity index (χ0v) is 24.8. The summed E-state index contributed by atoms with van der Waals surface area (Å²) in [6, 6.07) is 12.8. The molecule has 0 radical (unpaired) electrons. The fourth-order valence-corrected chi connectivity index (χ4v) is 6.92. The van der Waals surface area contributed by atoms with Gasteiger partial charge in [-0.05, 0) is 68.0 Å². The number of rotatable bonds is 7. The molecule has 1 fully saturated rings. The van der Waals surface area contributed by atoms with E-state index in [9.17, 15) is 22.8 Å². The monoisotopic (exact) mass is 590 g/mol. The minimum absolute atomic E-state index is 0.232. The first-order valence-electron chi connectivity index (χ1n) is 13.1. The summed E-state index contributed by atoms with van der Waals surface area (Å²) in [5.41, 5.74) is 6.79. The first kappa shape index (κ1) is 28.4. The maximum Gasteiger partial charge on any atom is 0.256 e. The number of nitrogens with one attached hydrogen (secondary N) is 1. The lowest BCUT2D eigenvalue weighted by molar-refractivity contribution is -0.119. The second-order valence-electron chi connectivity index (χ2n) is 10.3. The molecule has 2 aromatic heterocycles. The number of nitrogens with zero attached hydrogens (tertiary/aromatic N) is 3. The molecule has 41 heavy (non-hydrogen) atoms. The van der Waals surface area contributed by atoms with Crippen molar-refractivity contribution in [1.29, 1.82) is 0 Å². The molecule has 1 saturated heterocycles. The molecule has 0 bridgehead atoms. The number of aryl methyl sites for hydroxylation is 3. The van der Waals surface area contributed by atoms with Crippen molar-refractivity contribution < 1.29 is 22.8 Å². The molecule has 212 valence electrons. The van der Waals surface area contributed by atoms with Gasteiger partial charge in [0, 0.05) is 34.9 Å². The molecule has 0 aliphatic carbocycles. The summed E-state index contributed by atoms with van der Waals surface area (Å²) in [7, 11) is -3.54. The highest BCUT2D eigenvalue weighted by Crippen LogP contribution is 2.31. The van der Waals surface area contributed by atoms with Crippen LogP contribution in [0.1, 0.15) is 50.4 Å². The summed E-state index contributed by atoms with van der Waals surface area (Å²) in [6.07, 6.45) is 4.43. The molecule has 0 saturated carbocycles. The second kappa shape index (κ2) is 11.1. The van der Waals surface area contributed by atoms with Gasteiger partial charge in [-0.2, -0.15) is 0 Å². The average Bonchev–Trinajstić information content (AvgIpc) is 3.68. The predicted octanol–water partition coefficient (Wildman–Crippen LogP) is 5.07. The van der Waals surface area contributed by atoms with E-state index in [0.717, 1.165) is 44.3 Å². The summed E-state index contributed by atoms with van der Waals surface area (Å²) in [5.74, 6) is -0.706. The maximum absolute atomic E-state index is 13.2. The van der Waals surface area contributed by atoms with Gasteiger partial charge in [0.2, 0.25) is 15.9 Å². The molecule has 5 rings (SSSR count). The summed E-state index contributed by atoms with van der Waals surface area (Å²) in [5, 5.41) is 5.16. The van der Waals surface area contributed by atoms with E-state index in [1.54, 1.807) is 6.92 Å². The van der Waals surface area contributed by atoms with Gasteiger partial charge >= 0.3 is 0 Å². The highest BCUT2D eigenvalue weighted by Gasteiger charge is 2.35. The molecular formula is C30H30N4O5S2. The van der Waals surface area contributed by atoms with Gasteiger partial charge < -0.3 is 10.2 Å². The van der Waals surface area contributed by atoms with Crippen molar-refractivity contribution in [3.05, 3.63) is 82.0 Å². The van der Waals surface area contributed by atoms with Crippen molar-refractivity contribution in [3.63, 3.8) is 0 Å². The molecule has 1 N–H and O–H groups in total. The lowest BCUT2D eigenvalue weighted by Gasteiger charge is -2.23. The van der Waals surface area contributed by atoms with E-state index in [0.29, 0.717) is 41.5 Å². The van der Waals surface area contributed by atoms with Crippen LogP contribution >= 0.6 is 11.3 Å². The van der Waals surface area contributed by atoms with E-state index < -0.39 is 16.1 Å². The van der Waals surface area contributed by atoms with Crippen molar-refractivity contribution in [3.8, 4) is 22.4 Å². The lowest BCUT2D eigenvalue weighted by atomic mass is 9.95. The van der Waals surface area contributed by atoms with Crippen LogP contribution in [0.25, 0.3) is 22.4 Å². The molecule has 4 aromatic rings. The Balaban J connectivity index is 1.32. The fourth-order valence-electron chi connectivity index (χ4n) is 5.31. The number of hydrogen-bond donors (Lipinski definition) is 1. The zero-order valence-electron chi connectivity index (χ0n) is 23.2. The molecule has 0 unspecified atom stereocenters. The zero-order chi connectivity index (χ0) is 29.5. The van der Waals surface area contributed by atoms with Crippen molar-refractivity contribution in [2.45, 2.75) is 39.7 Å². The molecule has 1 aliphatic heterocycles. The Morgan fingerprint density at radius 3 is 2.41 bits per heavy atom. The largest absolute Gasteiger partial charge is 0.327 e. The van der Waals surface area contributed by atoms with Gasteiger partial charge in [-0.1, -0.05) is 30.3 Å². The summed E-state index contributed by atoms with van der Waals surface area (Å²) in [4.78, 5) is 44.0. The molecule has 1 aliphatic rings. The van der Waals surface area contributed by atoms with Crippen LogP contribution in [-0.4, -0.2) is 59.2 Å². The topological polar surface area (TPSA) is 118 Å². The molecular weight excluding hydrogens is 560 g/mol. The molecule has 3 heterocycles. The minimum atomic E-state index is -3.54. The number of hydrogen-bond acceptors (Lipinski definition) is 7. The number of anilines is 1. The quantitative estimate of drug-likeness (QED) is 0.301. The van der Waals surface area contributed by atoms with Gasteiger partial charge in [0.1, 0.15) is 6.04 Å². The summed E-state index contributed by atoms with van der Waals surface area (Å²) >= 11 is 1.30. The van der Waals surface area contributed by atoms with Crippen molar-refractivity contribution in [1.82, 2.24) is 13.9 Å². The van der Waals surface area contributed by atoms with Gasteiger partial charge in [0.05, 0.1) is 17.5 Å².